The molecule has 0 aromatic heterocycles. The number of benzene rings is 2. The van der Waals surface area contributed by atoms with E-state index in [0.717, 1.165) is 13.0 Å². The molecule has 4 heteroatoms. The maximum atomic E-state index is 6.82. The van der Waals surface area contributed by atoms with Crippen molar-refractivity contribution < 1.29 is 9.16 Å². The predicted molar refractivity (Wildman–Crippen MR) is 132 cm³/mol. The summed E-state index contributed by atoms with van der Waals surface area (Å²) in [7, 11) is -2.42. The number of halogens is 1. The first-order chi connectivity index (χ1) is 13.5. The monoisotopic (exact) mass is 510 g/mol. The van der Waals surface area contributed by atoms with Gasteiger partial charge in [-0.25, -0.2) is 0 Å². The highest BCUT2D eigenvalue weighted by Crippen LogP contribution is 2.36. The molecule has 2 aromatic rings. The van der Waals surface area contributed by atoms with Gasteiger partial charge in [-0.1, -0.05) is 117 Å². The van der Waals surface area contributed by atoms with E-state index in [1.807, 2.05) is 0 Å². The van der Waals surface area contributed by atoms with Crippen molar-refractivity contribution in [3.63, 3.8) is 0 Å². The summed E-state index contributed by atoms with van der Waals surface area (Å²) in [5.41, 5.74) is 0. The normalized spacial score (nSPS) is 12.3. The van der Waals surface area contributed by atoms with Crippen LogP contribution in [0.4, 0.5) is 0 Å². The first kappa shape index (κ1) is 23.6. The summed E-state index contributed by atoms with van der Waals surface area (Å²) in [5.74, 6) is 0. The van der Waals surface area contributed by atoms with Gasteiger partial charge in [-0.3, -0.25) is 0 Å². The number of ether oxygens (including phenoxy) is 1. The average Bonchev–Trinajstić information content (AvgIpc) is 2.70. The largest absolute Gasteiger partial charge is 0.405 e. The minimum absolute atomic E-state index is 0.0230. The fraction of sp³-hybridized carbons (Fsp3) is 0.500. The molecule has 0 N–H and O–H groups in total. The molecule has 0 unspecified atom stereocenters. The molecule has 0 bridgehead atoms. The van der Waals surface area contributed by atoms with Gasteiger partial charge < -0.3 is 9.16 Å². The molecule has 0 saturated heterocycles. The number of unbranched alkanes of at least 4 members (excludes halogenated alkanes) is 3. The van der Waals surface area contributed by atoms with Crippen LogP contribution in [0.3, 0.4) is 0 Å². The Labute approximate surface area is 186 Å². The molecule has 2 rings (SSSR count). The topological polar surface area (TPSA) is 18.5 Å². The Balaban J connectivity index is 2.08. The van der Waals surface area contributed by atoms with E-state index < -0.39 is 8.32 Å². The molecule has 2 nitrogen and oxygen atoms in total. The van der Waals surface area contributed by atoms with Crippen LogP contribution >= 0.6 is 22.6 Å². The van der Waals surface area contributed by atoms with Gasteiger partial charge in [-0.15, -0.1) is 0 Å². The van der Waals surface area contributed by atoms with Crippen molar-refractivity contribution in [2.75, 3.05) is 24.2 Å². The van der Waals surface area contributed by atoms with E-state index in [4.69, 9.17) is 9.16 Å². The molecule has 0 saturated carbocycles. The summed E-state index contributed by atoms with van der Waals surface area (Å²) in [6, 6.07) is 21.6. The third kappa shape index (κ3) is 6.41. The molecule has 0 amide bonds. The highest BCUT2D eigenvalue weighted by molar-refractivity contribution is 14.1. The maximum Gasteiger partial charge on any atom is 0.261 e. The minimum atomic E-state index is -2.42. The number of alkyl halides is 1. The van der Waals surface area contributed by atoms with Crippen molar-refractivity contribution in [1.82, 2.24) is 0 Å². The molecule has 0 aliphatic heterocycles. The van der Waals surface area contributed by atoms with Crippen LogP contribution in [0.2, 0.25) is 5.04 Å². The van der Waals surface area contributed by atoms with Gasteiger partial charge in [-0.2, -0.15) is 0 Å². The van der Waals surface area contributed by atoms with E-state index in [9.17, 15) is 0 Å². The van der Waals surface area contributed by atoms with Gasteiger partial charge in [0, 0.05) is 6.61 Å². The maximum absolute atomic E-state index is 6.82. The number of hydrogen-bond acceptors (Lipinski definition) is 2. The summed E-state index contributed by atoms with van der Waals surface area (Å²) in [4.78, 5) is 0. The molecule has 0 aliphatic carbocycles. The molecule has 0 spiro atoms. The van der Waals surface area contributed by atoms with E-state index >= 15 is 0 Å². The lowest BCUT2D eigenvalue weighted by Crippen LogP contribution is -2.66. The van der Waals surface area contributed by atoms with E-state index in [1.165, 1.54) is 34.1 Å². The van der Waals surface area contributed by atoms with Gasteiger partial charge in [0.1, 0.15) is 0 Å². The molecule has 0 aliphatic rings. The van der Waals surface area contributed by atoms with Gasteiger partial charge in [0.25, 0.3) is 8.32 Å². The highest BCUT2D eigenvalue weighted by Gasteiger charge is 2.49. The Morgan fingerprint density at radius 3 is 1.75 bits per heavy atom. The van der Waals surface area contributed by atoms with E-state index in [2.05, 4.69) is 104 Å². The molecule has 0 fully saturated rings. The number of rotatable bonds is 12. The van der Waals surface area contributed by atoms with Crippen LogP contribution in [0.15, 0.2) is 60.7 Å². The zero-order valence-electron chi connectivity index (χ0n) is 17.6. The zero-order valence-corrected chi connectivity index (χ0v) is 20.8. The summed E-state index contributed by atoms with van der Waals surface area (Å²) in [6.45, 7) is 9.08. The fourth-order valence-electron chi connectivity index (χ4n) is 3.77. The summed E-state index contributed by atoms with van der Waals surface area (Å²) in [5, 5.41) is 2.68. The molecule has 0 radical (unpaired) electrons. The van der Waals surface area contributed by atoms with Gasteiger partial charge in [0.05, 0.1) is 13.2 Å². The van der Waals surface area contributed by atoms with Crippen LogP contribution in [0.5, 0.6) is 0 Å². The zero-order chi connectivity index (χ0) is 20.3. The van der Waals surface area contributed by atoms with Crippen molar-refractivity contribution >= 4 is 41.3 Å². The molecule has 0 heterocycles. The molecule has 154 valence electrons. The first-order valence-electron chi connectivity index (χ1n) is 10.4. The third-order valence-electron chi connectivity index (χ3n) is 5.14. The van der Waals surface area contributed by atoms with Gasteiger partial charge in [0.15, 0.2) is 0 Å². The first-order valence-corrected chi connectivity index (χ1v) is 13.8. The Hall–Kier alpha value is -0.693. The van der Waals surface area contributed by atoms with Gasteiger partial charge in [0.2, 0.25) is 0 Å². The predicted octanol–water partition coefficient (Wildman–Crippen LogP) is 5.58. The van der Waals surface area contributed by atoms with Crippen molar-refractivity contribution in [2.45, 2.75) is 51.5 Å². The average molecular weight is 511 g/mol. The second-order valence-electron chi connectivity index (χ2n) is 8.23. The second-order valence-corrected chi connectivity index (χ2v) is 13.6. The van der Waals surface area contributed by atoms with Crippen LogP contribution in [0.25, 0.3) is 0 Å². The Morgan fingerprint density at radius 1 is 0.714 bits per heavy atom. The van der Waals surface area contributed by atoms with Crippen LogP contribution in [0, 0.1) is 0 Å². The van der Waals surface area contributed by atoms with Gasteiger partial charge in [-0.05, 0) is 32.7 Å². The lowest BCUT2D eigenvalue weighted by Gasteiger charge is -2.43. The summed E-state index contributed by atoms with van der Waals surface area (Å²) in [6.07, 6.45) is 5.04. The lowest BCUT2D eigenvalue weighted by molar-refractivity contribution is 0.0940. The summed E-state index contributed by atoms with van der Waals surface area (Å²) < 4.78 is 14.0. The Bertz CT molecular complexity index is 616. The molecular weight excluding hydrogens is 475 g/mol. The molecule has 28 heavy (non-hydrogen) atoms. The van der Waals surface area contributed by atoms with Crippen LogP contribution in [-0.4, -0.2) is 32.6 Å². The van der Waals surface area contributed by atoms with Crippen molar-refractivity contribution in [3.05, 3.63) is 60.7 Å². The molecular formula is C24H35IO2Si. The van der Waals surface area contributed by atoms with Crippen molar-refractivity contribution in [3.8, 4) is 0 Å². The fourth-order valence-corrected chi connectivity index (χ4v) is 8.85. The van der Waals surface area contributed by atoms with Gasteiger partial charge >= 0.3 is 0 Å². The van der Waals surface area contributed by atoms with E-state index in [1.54, 1.807) is 0 Å². The quantitative estimate of drug-likeness (QED) is 0.161. The number of hydrogen-bond donors (Lipinski definition) is 0. The third-order valence-corrected chi connectivity index (χ3v) is 10.9. The SMILES string of the molecule is CC(C)(C)[Si](OCCOCCCCCCI)(c1ccccc1)c1ccccc1. The smallest absolute Gasteiger partial charge is 0.261 e. The van der Waals surface area contributed by atoms with Crippen LogP contribution < -0.4 is 10.4 Å². The molecule has 2 aromatic carbocycles. The van der Waals surface area contributed by atoms with Crippen molar-refractivity contribution in [2.24, 2.45) is 0 Å². The standard InChI is InChI=1S/C24H35IO2Si/c1-24(2,3)28(22-14-8-6-9-15-22,23-16-10-7-11-17-23)27-21-20-26-19-13-5-4-12-18-25/h6-11,14-17H,4-5,12-13,18-21H2,1-3H3. The minimum Gasteiger partial charge on any atom is -0.405 e. The summed E-state index contributed by atoms with van der Waals surface area (Å²) >= 11 is 2.45. The lowest BCUT2D eigenvalue weighted by atomic mass is 10.2. The van der Waals surface area contributed by atoms with Crippen LogP contribution in [0.1, 0.15) is 46.5 Å². The Morgan fingerprint density at radius 2 is 1.25 bits per heavy atom. The van der Waals surface area contributed by atoms with E-state index in [-0.39, 0.29) is 5.04 Å². The highest BCUT2D eigenvalue weighted by atomic mass is 127. The van der Waals surface area contributed by atoms with Crippen molar-refractivity contribution in [1.29, 1.82) is 0 Å². The second kappa shape index (κ2) is 12.1. The molecule has 0 atom stereocenters. The van der Waals surface area contributed by atoms with E-state index in [0.29, 0.717) is 13.2 Å². The Kier molecular flexibility index (Phi) is 10.2. The van der Waals surface area contributed by atoms with Crippen LogP contribution in [-0.2, 0) is 9.16 Å².